The first-order valence-electron chi connectivity index (χ1n) is 9.81. The van der Waals surface area contributed by atoms with Crippen LogP contribution in [0.1, 0.15) is 31.2 Å². The first-order valence-corrected chi connectivity index (χ1v) is 10.6. The van der Waals surface area contributed by atoms with Crippen molar-refractivity contribution in [1.82, 2.24) is 5.32 Å². The number of carbonyl (C=O) groups is 2. The molecule has 2 aliphatic rings. The molecule has 0 aromatic heterocycles. The van der Waals surface area contributed by atoms with Gasteiger partial charge in [-0.2, -0.15) is 0 Å². The van der Waals surface area contributed by atoms with Crippen LogP contribution in [0.3, 0.4) is 0 Å². The highest BCUT2D eigenvalue weighted by Gasteiger charge is 2.43. The van der Waals surface area contributed by atoms with Gasteiger partial charge in [0.05, 0.1) is 12.0 Å². The first kappa shape index (κ1) is 19.8. The Morgan fingerprint density at radius 2 is 1.66 bits per heavy atom. The van der Waals surface area contributed by atoms with E-state index in [1.807, 2.05) is 30.3 Å². The average molecular weight is 459 g/mol. The topological polar surface area (TPSA) is 76.7 Å². The molecule has 1 aliphatic heterocycles. The molecule has 0 bridgehead atoms. The quantitative estimate of drug-likeness (QED) is 0.714. The molecular weight excluding hydrogens is 436 g/mol. The van der Waals surface area contributed by atoms with Crippen LogP contribution in [0.5, 0.6) is 11.5 Å². The molecule has 2 aromatic rings. The normalized spacial score (nSPS) is 16.9. The number of amides is 2. The zero-order chi connectivity index (χ0) is 20.3. The summed E-state index contributed by atoms with van der Waals surface area (Å²) in [6.45, 7) is 0.971. The molecule has 0 atom stereocenters. The Balaban J connectivity index is 1.45. The summed E-state index contributed by atoms with van der Waals surface area (Å²) in [5.41, 5.74) is 0.980. The lowest BCUT2D eigenvalue weighted by Crippen LogP contribution is -2.45. The van der Waals surface area contributed by atoms with Crippen LogP contribution in [0, 0.1) is 0 Å². The smallest absolute Gasteiger partial charge is 0.243 e. The molecule has 0 unspecified atom stereocenters. The van der Waals surface area contributed by atoms with Gasteiger partial charge in [-0.25, -0.2) is 0 Å². The molecule has 1 aliphatic carbocycles. The highest BCUT2D eigenvalue weighted by atomic mass is 79.9. The molecule has 0 saturated heterocycles. The van der Waals surface area contributed by atoms with E-state index < -0.39 is 5.41 Å². The molecule has 0 radical (unpaired) electrons. The Hall–Kier alpha value is -2.54. The molecular formula is C22H23BrN2O4. The molecule has 6 nitrogen and oxygen atoms in total. The summed E-state index contributed by atoms with van der Waals surface area (Å²) in [6, 6.07) is 13.0. The SMILES string of the molecule is O=C(CNC(=O)C1(c2ccc3c(c2)OCCO3)CCCC1)Nc1ccc(Br)cc1. The van der Waals surface area contributed by atoms with Gasteiger partial charge in [0.2, 0.25) is 11.8 Å². The second-order valence-electron chi connectivity index (χ2n) is 7.39. The summed E-state index contributed by atoms with van der Waals surface area (Å²) in [7, 11) is 0. The Kier molecular flexibility index (Phi) is 5.76. The fraction of sp³-hybridized carbons (Fsp3) is 0.364. The molecule has 4 rings (SSSR count). The van der Waals surface area contributed by atoms with E-state index in [4.69, 9.17) is 9.47 Å². The number of ether oxygens (including phenoxy) is 2. The number of benzene rings is 2. The second kappa shape index (κ2) is 8.45. The minimum absolute atomic E-state index is 0.0683. The van der Waals surface area contributed by atoms with Gasteiger partial charge in [0.15, 0.2) is 11.5 Å². The van der Waals surface area contributed by atoms with Gasteiger partial charge in [-0.1, -0.05) is 34.8 Å². The number of rotatable bonds is 5. The second-order valence-corrected chi connectivity index (χ2v) is 8.30. The molecule has 2 aromatic carbocycles. The van der Waals surface area contributed by atoms with Gasteiger partial charge < -0.3 is 20.1 Å². The van der Waals surface area contributed by atoms with Crippen molar-refractivity contribution in [3.63, 3.8) is 0 Å². The molecule has 2 N–H and O–H groups in total. The van der Waals surface area contributed by atoms with Crippen molar-refractivity contribution in [3.8, 4) is 11.5 Å². The number of fused-ring (bicyclic) bond motifs is 1. The fourth-order valence-electron chi connectivity index (χ4n) is 4.03. The van der Waals surface area contributed by atoms with E-state index >= 15 is 0 Å². The maximum Gasteiger partial charge on any atom is 0.243 e. The van der Waals surface area contributed by atoms with Crippen LogP contribution < -0.4 is 20.1 Å². The number of hydrogen-bond donors (Lipinski definition) is 2. The van der Waals surface area contributed by atoms with E-state index in [-0.39, 0.29) is 18.4 Å². The molecule has 152 valence electrons. The van der Waals surface area contributed by atoms with E-state index in [0.717, 1.165) is 35.7 Å². The lowest BCUT2D eigenvalue weighted by atomic mass is 9.77. The van der Waals surface area contributed by atoms with E-state index in [0.29, 0.717) is 30.4 Å². The highest BCUT2D eigenvalue weighted by Crippen LogP contribution is 2.44. The largest absolute Gasteiger partial charge is 0.486 e. The standard InChI is InChI=1S/C22H23BrN2O4/c23-16-4-6-17(7-5-16)25-20(26)14-24-21(27)22(9-1-2-10-22)15-3-8-18-19(13-15)29-12-11-28-18/h3-8,13H,1-2,9-12,14H2,(H,24,27)(H,25,26). The Morgan fingerprint density at radius 1 is 0.966 bits per heavy atom. The van der Waals surface area contributed by atoms with Crippen LogP contribution in [0.25, 0.3) is 0 Å². The molecule has 1 fully saturated rings. The lowest BCUT2D eigenvalue weighted by molar-refractivity contribution is -0.128. The molecule has 2 amide bonds. The van der Waals surface area contributed by atoms with Gasteiger partial charge in [-0.3, -0.25) is 9.59 Å². The van der Waals surface area contributed by atoms with Crippen molar-refractivity contribution < 1.29 is 19.1 Å². The van der Waals surface area contributed by atoms with Gasteiger partial charge in [0.1, 0.15) is 13.2 Å². The van der Waals surface area contributed by atoms with Crippen LogP contribution in [-0.4, -0.2) is 31.6 Å². The van der Waals surface area contributed by atoms with E-state index in [1.165, 1.54) is 0 Å². The average Bonchev–Trinajstić information content (AvgIpc) is 3.24. The summed E-state index contributed by atoms with van der Waals surface area (Å²) in [5.74, 6) is 1.02. The van der Waals surface area contributed by atoms with Crippen molar-refractivity contribution in [1.29, 1.82) is 0 Å². The first-order chi connectivity index (χ1) is 14.1. The van der Waals surface area contributed by atoms with E-state index in [2.05, 4.69) is 26.6 Å². The molecule has 1 saturated carbocycles. The summed E-state index contributed by atoms with van der Waals surface area (Å²) in [5, 5.41) is 5.64. The van der Waals surface area contributed by atoms with Gasteiger partial charge in [-0.15, -0.1) is 0 Å². The fourth-order valence-corrected chi connectivity index (χ4v) is 4.30. The highest BCUT2D eigenvalue weighted by molar-refractivity contribution is 9.10. The van der Waals surface area contributed by atoms with Gasteiger partial charge in [-0.05, 0) is 54.8 Å². The zero-order valence-electron chi connectivity index (χ0n) is 16.0. The summed E-state index contributed by atoms with van der Waals surface area (Å²) >= 11 is 3.36. The van der Waals surface area contributed by atoms with Crippen molar-refractivity contribution in [2.45, 2.75) is 31.1 Å². The van der Waals surface area contributed by atoms with Crippen LogP contribution >= 0.6 is 15.9 Å². The van der Waals surface area contributed by atoms with Gasteiger partial charge in [0, 0.05) is 10.2 Å². The molecule has 29 heavy (non-hydrogen) atoms. The monoisotopic (exact) mass is 458 g/mol. The van der Waals surface area contributed by atoms with Crippen molar-refractivity contribution in [2.24, 2.45) is 0 Å². The Labute approximate surface area is 178 Å². The van der Waals surface area contributed by atoms with Crippen molar-refractivity contribution in [2.75, 3.05) is 25.1 Å². The third kappa shape index (κ3) is 4.24. The third-order valence-electron chi connectivity index (χ3n) is 5.52. The number of carbonyl (C=O) groups excluding carboxylic acids is 2. The minimum Gasteiger partial charge on any atom is -0.486 e. The number of hydrogen-bond acceptors (Lipinski definition) is 4. The van der Waals surface area contributed by atoms with Crippen molar-refractivity contribution >= 4 is 33.4 Å². The maximum atomic E-state index is 13.2. The number of anilines is 1. The maximum absolute atomic E-state index is 13.2. The summed E-state index contributed by atoms with van der Waals surface area (Å²) < 4.78 is 12.2. The van der Waals surface area contributed by atoms with E-state index in [1.54, 1.807) is 12.1 Å². The number of halogens is 1. The Morgan fingerprint density at radius 3 is 2.38 bits per heavy atom. The minimum atomic E-state index is -0.631. The van der Waals surface area contributed by atoms with Crippen LogP contribution in [0.15, 0.2) is 46.9 Å². The summed E-state index contributed by atoms with van der Waals surface area (Å²) in [6.07, 6.45) is 3.47. The van der Waals surface area contributed by atoms with Crippen molar-refractivity contribution in [3.05, 3.63) is 52.5 Å². The zero-order valence-corrected chi connectivity index (χ0v) is 17.6. The van der Waals surface area contributed by atoms with Gasteiger partial charge >= 0.3 is 0 Å². The van der Waals surface area contributed by atoms with Crippen LogP contribution in [0.2, 0.25) is 0 Å². The van der Waals surface area contributed by atoms with Crippen LogP contribution in [0.4, 0.5) is 5.69 Å². The van der Waals surface area contributed by atoms with E-state index in [9.17, 15) is 9.59 Å². The molecule has 0 spiro atoms. The molecule has 7 heteroatoms. The predicted molar refractivity (Wildman–Crippen MR) is 113 cm³/mol. The Bertz CT molecular complexity index is 908. The van der Waals surface area contributed by atoms with Crippen LogP contribution in [-0.2, 0) is 15.0 Å². The lowest BCUT2D eigenvalue weighted by Gasteiger charge is -2.29. The number of nitrogens with one attached hydrogen (secondary N) is 2. The molecule has 1 heterocycles. The summed E-state index contributed by atoms with van der Waals surface area (Å²) in [4.78, 5) is 25.4. The third-order valence-corrected chi connectivity index (χ3v) is 6.05. The predicted octanol–water partition coefficient (Wildman–Crippen LogP) is 3.79. The van der Waals surface area contributed by atoms with Gasteiger partial charge in [0.25, 0.3) is 0 Å².